The zero-order valence-corrected chi connectivity index (χ0v) is 20.3. The number of nitrogens with one attached hydrogen (secondary N) is 1. The van der Waals surface area contributed by atoms with E-state index in [0.717, 1.165) is 21.8 Å². The monoisotopic (exact) mass is 516 g/mol. The van der Waals surface area contributed by atoms with Crippen LogP contribution in [0.2, 0.25) is 10.0 Å². The van der Waals surface area contributed by atoms with Crippen LogP contribution in [-0.2, 0) is 0 Å². The van der Waals surface area contributed by atoms with Crippen molar-refractivity contribution >= 4 is 58.1 Å². The highest BCUT2D eigenvalue weighted by molar-refractivity contribution is 7.18. The minimum Gasteiger partial charge on any atom is -0.477 e. The maximum atomic E-state index is 13.8. The maximum Gasteiger partial charge on any atom is 0.348 e. The molecule has 1 fully saturated rings. The van der Waals surface area contributed by atoms with E-state index in [1.807, 2.05) is 30.3 Å². The van der Waals surface area contributed by atoms with Crippen LogP contribution in [0.4, 0.5) is 5.69 Å². The van der Waals surface area contributed by atoms with Gasteiger partial charge in [-0.3, -0.25) is 10.2 Å². The molecule has 0 bridgehead atoms. The summed E-state index contributed by atoms with van der Waals surface area (Å²) in [7, 11) is 0. The highest BCUT2D eigenvalue weighted by Gasteiger charge is 2.34. The van der Waals surface area contributed by atoms with Gasteiger partial charge in [0.15, 0.2) is 5.96 Å². The molecule has 0 atom stereocenters. The van der Waals surface area contributed by atoms with E-state index in [-0.39, 0.29) is 27.5 Å². The summed E-state index contributed by atoms with van der Waals surface area (Å²) in [6, 6.07) is 15.5. The molecule has 7 nitrogen and oxygen atoms in total. The molecule has 34 heavy (non-hydrogen) atoms. The molecule has 2 heterocycles. The number of thiophene rings is 1. The van der Waals surface area contributed by atoms with Crippen molar-refractivity contribution in [2.75, 3.05) is 18.0 Å². The lowest BCUT2D eigenvalue weighted by Gasteiger charge is -2.38. The van der Waals surface area contributed by atoms with E-state index in [2.05, 4.69) is 0 Å². The van der Waals surface area contributed by atoms with Gasteiger partial charge in [0.05, 0.1) is 16.3 Å². The van der Waals surface area contributed by atoms with E-state index in [4.69, 9.17) is 34.3 Å². The Hall–Kier alpha value is -3.07. The van der Waals surface area contributed by atoms with Gasteiger partial charge in [-0.1, -0.05) is 53.5 Å². The van der Waals surface area contributed by atoms with E-state index in [9.17, 15) is 14.7 Å². The largest absolute Gasteiger partial charge is 0.477 e. The predicted octanol–water partition coefficient (Wildman–Crippen LogP) is 5.42. The first-order valence-electron chi connectivity index (χ1n) is 10.6. The number of likely N-dealkylation sites (tertiary alicyclic amines) is 1. The standard InChI is InChI=1S/C24H22Cl2N4O3S/c25-15-6-7-17(18(26)12-15)22(31)30(16-8-10-29(11-9-16)24(27)28)19-13-20(34-21(19)23(32)33)14-4-2-1-3-5-14/h1-7,12-13,16H,8-11H2,(H3,27,28)(H,32,33). The lowest BCUT2D eigenvalue weighted by atomic mass is 10.0. The molecule has 1 saturated heterocycles. The van der Waals surface area contributed by atoms with Gasteiger partial charge in [0, 0.05) is 29.0 Å². The number of carbonyl (C=O) groups excluding carboxylic acids is 1. The number of hydrogen-bond acceptors (Lipinski definition) is 4. The number of amides is 1. The number of nitrogens with zero attached hydrogens (tertiary/aromatic N) is 2. The quantitative estimate of drug-likeness (QED) is 0.309. The molecule has 0 radical (unpaired) electrons. The molecule has 4 rings (SSSR count). The summed E-state index contributed by atoms with van der Waals surface area (Å²) in [4.78, 5) is 30.2. The van der Waals surface area contributed by atoms with Gasteiger partial charge in [0.1, 0.15) is 4.88 Å². The Morgan fingerprint density at radius 2 is 1.76 bits per heavy atom. The van der Waals surface area contributed by atoms with Crippen molar-refractivity contribution in [2.24, 2.45) is 5.73 Å². The van der Waals surface area contributed by atoms with Crippen molar-refractivity contribution in [2.45, 2.75) is 18.9 Å². The van der Waals surface area contributed by atoms with Crippen LogP contribution in [-0.4, -0.2) is 47.0 Å². The van der Waals surface area contributed by atoms with Crippen LogP contribution in [0.15, 0.2) is 54.6 Å². The number of hydrogen-bond donors (Lipinski definition) is 3. The van der Waals surface area contributed by atoms with Crippen LogP contribution in [0.5, 0.6) is 0 Å². The summed E-state index contributed by atoms with van der Waals surface area (Å²) >= 11 is 13.5. The van der Waals surface area contributed by atoms with Crippen molar-refractivity contribution < 1.29 is 14.7 Å². The third-order valence-corrected chi connectivity index (χ3v) is 7.48. The number of halogens is 2. The van der Waals surface area contributed by atoms with E-state index in [1.165, 1.54) is 6.07 Å². The minimum atomic E-state index is -1.11. The average Bonchev–Trinajstić information content (AvgIpc) is 3.25. The number of aromatic carboxylic acids is 1. The van der Waals surface area contributed by atoms with Gasteiger partial charge >= 0.3 is 5.97 Å². The molecule has 0 saturated carbocycles. The van der Waals surface area contributed by atoms with Crippen LogP contribution >= 0.6 is 34.5 Å². The fourth-order valence-electron chi connectivity index (χ4n) is 4.09. The Kier molecular flexibility index (Phi) is 7.11. The van der Waals surface area contributed by atoms with Crippen molar-refractivity contribution in [1.82, 2.24) is 4.90 Å². The molecule has 1 aliphatic rings. The zero-order chi connectivity index (χ0) is 24.4. The normalized spacial score (nSPS) is 14.1. The molecule has 2 aromatic carbocycles. The number of carboxylic acid groups (broad SMARTS) is 1. The fourth-order valence-corrected chi connectivity index (χ4v) is 5.57. The van der Waals surface area contributed by atoms with Crippen LogP contribution in [0.25, 0.3) is 10.4 Å². The Bertz CT molecular complexity index is 1240. The molecule has 0 spiro atoms. The lowest BCUT2D eigenvalue weighted by Crippen LogP contribution is -2.50. The van der Waals surface area contributed by atoms with Gasteiger partial charge in [0.2, 0.25) is 0 Å². The number of carboxylic acids is 1. The molecule has 1 aromatic heterocycles. The summed E-state index contributed by atoms with van der Waals surface area (Å²) in [5.74, 6) is -1.53. The number of rotatable bonds is 5. The summed E-state index contributed by atoms with van der Waals surface area (Å²) in [6.07, 6.45) is 1.04. The van der Waals surface area contributed by atoms with Crippen molar-refractivity contribution in [3.05, 3.63) is 75.1 Å². The molecule has 0 unspecified atom stereocenters. The smallest absolute Gasteiger partial charge is 0.348 e. The Morgan fingerprint density at radius 1 is 1.09 bits per heavy atom. The summed E-state index contributed by atoms with van der Waals surface area (Å²) in [5, 5.41) is 18.3. The molecule has 1 aliphatic heterocycles. The molecule has 0 aliphatic carbocycles. The second-order valence-corrected chi connectivity index (χ2v) is 9.79. The summed E-state index contributed by atoms with van der Waals surface area (Å²) in [5.41, 5.74) is 7.07. The molecular formula is C24H22Cl2N4O3S. The molecule has 1 amide bonds. The summed E-state index contributed by atoms with van der Waals surface area (Å²) in [6.45, 7) is 0.965. The topological polar surface area (TPSA) is 111 Å². The van der Waals surface area contributed by atoms with Crippen LogP contribution in [0.3, 0.4) is 0 Å². The Labute approximate surface area is 210 Å². The number of benzene rings is 2. The van der Waals surface area contributed by atoms with Gasteiger partial charge in [-0.2, -0.15) is 0 Å². The zero-order valence-electron chi connectivity index (χ0n) is 18.0. The maximum absolute atomic E-state index is 13.8. The first kappa shape index (κ1) is 24.1. The van der Waals surface area contributed by atoms with E-state index < -0.39 is 11.9 Å². The second kappa shape index (κ2) is 10.0. The number of anilines is 1. The third-order valence-electron chi connectivity index (χ3n) is 5.78. The van der Waals surface area contributed by atoms with Crippen molar-refractivity contribution in [3.63, 3.8) is 0 Å². The van der Waals surface area contributed by atoms with E-state index >= 15 is 0 Å². The highest BCUT2D eigenvalue weighted by atomic mass is 35.5. The van der Waals surface area contributed by atoms with Crippen molar-refractivity contribution in [3.8, 4) is 10.4 Å². The third kappa shape index (κ3) is 4.89. The fraction of sp³-hybridized carbons (Fsp3) is 0.208. The predicted molar refractivity (Wildman–Crippen MR) is 136 cm³/mol. The van der Waals surface area contributed by atoms with Gasteiger partial charge in [-0.25, -0.2) is 4.79 Å². The number of nitrogens with two attached hydrogens (primary N) is 1. The highest BCUT2D eigenvalue weighted by Crippen LogP contribution is 2.40. The molecule has 10 heteroatoms. The Morgan fingerprint density at radius 3 is 2.35 bits per heavy atom. The molecule has 176 valence electrons. The number of piperidine rings is 1. The van der Waals surface area contributed by atoms with Crippen LogP contribution in [0.1, 0.15) is 32.9 Å². The first-order chi connectivity index (χ1) is 16.3. The van der Waals surface area contributed by atoms with Gasteiger partial charge in [-0.05, 0) is 42.7 Å². The summed E-state index contributed by atoms with van der Waals surface area (Å²) < 4.78 is 0. The average molecular weight is 517 g/mol. The van der Waals surface area contributed by atoms with Gasteiger partial charge in [-0.15, -0.1) is 11.3 Å². The lowest BCUT2D eigenvalue weighted by molar-refractivity contribution is 0.0702. The molecule has 4 N–H and O–H groups in total. The second-order valence-electron chi connectivity index (χ2n) is 7.90. The minimum absolute atomic E-state index is 0.0230. The van der Waals surface area contributed by atoms with Gasteiger partial charge in [0.25, 0.3) is 5.91 Å². The van der Waals surface area contributed by atoms with Gasteiger partial charge < -0.3 is 20.6 Å². The van der Waals surface area contributed by atoms with Crippen LogP contribution < -0.4 is 10.6 Å². The molecule has 3 aromatic rings. The Balaban J connectivity index is 1.81. The van der Waals surface area contributed by atoms with Crippen molar-refractivity contribution in [1.29, 1.82) is 5.41 Å². The number of guanidine groups is 1. The van der Waals surface area contributed by atoms with E-state index in [1.54, 1.807) is 28.0 Å². The molecular weight excluding hydrogens is 495 g/mol. The van der Waals surface area contributed by atoms with Crippen LogP contribution in [0, 0.1) is 5.41 Å². The SMILES string of the molecule is N=C(N)N1CCC(N(C(=O)c2ccc(Cl)cc2Cl)c2cc(-c3ccccc3)sc2C(=O)O)CC1. The first-order valence-corrected chi connectivity index (χ1v) is 12.1. The van der Waals surface area contributed by atoms with E-state index in [0.29, 0.717) is 36.6 Å². The number of carbonyl (C=O) groups is 2.